The van der Waals surface area contributed by atoms with Crippen LogP contribution in [-0.4, -0.2) is 96.7 Å². The van der Waals surface area contributed by atoms with Gasteiger partial charge in [0.15, 0.2) is 12.2 Å². The normalized spacial score (nSPS) is 14.1. The average molecular weight is 1410 g/mol. The molecule has 0 spiro atoms. The highest BCUT2D eigenvalue weighted by molar-refractivity contribution is 7.47. The van der Waals surface area contributed by atoms with E-state index < -0.39 is 97.5 Å². The summed E-state index contributed by atoms with van der Waals surface area (Å²) in [5.41, 5.74) is 0. The van der Waals surface area contributed by atoms with Crippen molar-refractivity contribution in [3.05, 3.63) is 0 Å². The molecule has 0 aliphatic carbocycles. The zero-order valence-electron chi connectivity index (χ0n) is 62.8. The first-order chi connectivity index (χ1) is 46.2. The van der Waals surface area contributed by atoms with Crippen LogP contribution >= 0.6 is 15.6 Å². The third-order valence-electron chi connectivity index (χ3n) is 17.9. The van der Waals surface area contributed by atoms with E-state index >= 15 is 0 Å². The third kappa shape index (κ3) is 70.5. The van der Waals surface area contributed by atoms with Crippen molar-refractivity contribution in [1.82, 2.24) is 0 Å². The number of rotatable bonds is 75. The molecule has 0 rings (SSSR count). The molecule has 0 aromatic rings. The maximum absolute atomic E-state index is 13.1. The number of hydrogen-bond donors (Lipinski definition) is 3. The number of carbonyl (C=O) groups excluding carboxylic acids is 4. The van der Waals surface area contributed by atoms with E-state index in [0.29, 0.717) is 25.7 Å². The minimum atomic E-state index is -4.96. The molecule has 570 valence electrons. The lowest BCUT2D eigenvalue weighted by Gasteiger charge is -2.21. The lowest BCUT2D eigenvalue weighted by molar-refractivity contribution is -0.161. The van der Waals surface area contributed by atoms with Crippen LogP contribution in [0.15, 0.2) is 0 Å². The van der Waals surface area contributed by atoms with Gasteiger partial charge in [-0.2, -0.15) is 0 Å². The molecule has 3 N–H and O–H groups in total. The first kappa shape index (κ1) is 94.1. The predicted molar refractivity (Wildman–Crippen MR) is 391 cm³/mol. The monoisotopic (exact) mass is 1410 g/mol. The molecule has 0 radical (unpaired) electrons. The van der Waals surface area contributed by atoms with E-state index in [1.54, 1.807) is 0 Å². The van der Waals surface area contributed by atoms with Crippen LogP contribution in [-0.2, 0) is 65.4 Å². The molecule has 19 heteroatoms. The van der Waals surface area contributed by atoms with Crippen LogP contribution < -0.4 is 0 Å². The summed E-state index contributed by atoms with van der Waals surface area (Å²) >= 11 is 0. The number of phosphoric acid groups is 2. The molecule has 0 amide bonds. The smallest absolute Gasteiger partial charge is 0.462 e. The van der Waals surface area contributed by atoms with Gasteiger partial charge in [-0.05, 0) is 43.4 Å². The highest BCUT2D eigenvalue weighted by Crippen LogP contribution is 2.45. The zero-order chi connectivity index (χ0) is 70.9. The molecule has 0 aliphatic rings. The maximum Gasteiger partial charge on any atom is 0.472 e. The Labute approximate surface area is 588 Å². The van der Waals surface area contributed by atoms with Gasteiger partial charge in [0.25, 0.3) is 0 Å². The second-order valence-corrected chi connectivity index (χ2v) is 32.1. The topological polar surface area (TPSA) is 237 Å². The fraction of sp³-hybridized carbons (Fsp3) is 0.948. The number of aliphatic hydroxyl groups is 1. The van der Waals surface area contributed by atoms with Crippen LogP contribution in [0.25, 0.3) is 0 Å². The fourth-order valence-electron chi connectivity index (χ4n) is 11.8. The number of aliphatic hydroxyl groups excluding tert-OH is 1. The molecule has 0 aromatic heterocycles. The first-order valence-corrected chi connectivity index (χ1v) is 42.8. The minimum absolute atomic E-state index is 0.105. The molecule has 0 aromatic carbocycles. The largest absolute Gasteiger partial charge is 0.472 e. The Kier molecular flexibility index (Phi) is 66.2. The van der Waals surface area contributed by atoms with Crippen LogP contribution in [0.5, 0.6) is 0 Å². The van der Waals surface area contributed by atoms with E-state index in [1.165, 1.54) is 205 Å². The molecule has 0 bridgehead atoms. The summed E-state index contributed by atoms with van der Waals surface area (Å²) in [4.78, 5) is 72.8. The Bertz CT molecular complexity index is 1870. The van der Waals surface area contributed by atoms with Crippen LogP contribution in [0, 0.1) is 17.8 Å². The van der Waals surface area contributed by atoms with Crippen molar-refractivity contribution in [2.24, 2.45) is 17.8 Å². The van der Waals surface area contributed by atoms with E-state index in [2.05, 4.69) is 48.5 Å². The Balaban J connectivity index is 5.22. The van der Waals surface area contributed by atoms with E-state index in [1.807, 2.05) is 0 Å². The molecule has 2 unspecified atom stereocenters. The second-order valence-electron chi connectivity index (χ2n) is 29.2. The summed E-state index contributed by atoms with van der Waals surface area (Å²) in [6.07, 6.45) is 54.3. The summed E-state index contributed by atoms with van der Waals surface area (Å²) in [7, 11) is -9.91. The lowest BCUT2D eigenvalue weighted by Crippen LogP contribution is -2.30. The Morgan fingerprint density at radius 1 is 0.281 bits per heavy atom. The molecule has 5 atom stereocenters. The average Bonchev–Trinajstić information content (AvgIpc) is 1.23. The molecule has 0 heterocycles. The summed E-state index contributed by atoms with van der Waals surface area (Å²) < 4.78 is 68.5. The van der Waals surface area contributed by atoms with Gasteiger partial charge in [-0.3, -0.25) is 37.3 Å². The van der Waals surface area contributed by atoms with Crippen LogP contribution in [0.1, 0.15) is 395 Å². The molecule has 96 heavy (non-hydrogen) atoms. The van der Waals surface area contributed by atoms with E-state index in [0.717, 1.165) is 108 Å². The highest BCUT2D eigenvalue weighted by atomic mass is 31.2. The fourth-order valence-corrected chi connectivity index (χ4v) is 13.4. The van der Waals surface area contributed by atoms with Gasteiger partial charge in [-0.25, -0.2) is 9.13 Å². The van der Waals surface area contributed by atoms with Crippen molar-refractivity contribution < 1.29 is 80.2 Å². The summed E-state index contributed by atoms with van der Waals surface area (Å²) in [5, 5.41) is 10.6. The predicted octanol–water partition coefficient (Wildman–Crippen LogP) is 22.6. The Morgan fingerprint density at radius 2 is 0.479 bits per heavy atom. The molecule has 0 saturated heterocycles. The van der Waals surface area contributed by atoms with Gasteiger partial charge in [-0.1, -0.05) is 344 Å². The Hall–Kier alpha value is -1.94. The van der Waals surface area contributed by atoms with Crippen molar-refractivity contribution >= 4 is 39.5 Å². The second kappa shape index (κ2) is 67.5. The lowest BCUT2D eigenvalue weighted by atomic mass is 10.0. The van der Waals surface area contributed by atoms with Gasteiger partial charge in [0, 0.05) is 25.7 Å². The highest BCUT2D eigenvalue weighted by Gasteiger charge is 2.30. The van der Waals surface area contributed by atoms with E-state index in [4.69, 9.17) is 37.0 Å². The zero-order valence-corrected chi connectivity index (χ0v) is 64.6. The summed E-state index contributed by atoms with van der Waals surface area (Å²) in [6.45, 7) is 11.8. The molecular formula is C77H150O17P2. The number of ether oxygens (including phenoxy) is 4. The molecule has 0 fully saturated rings. The standard InChI is InChI=1S/C77H150O17P2/c1-8-9-10-11-12-13-14-15-16-17-18-19-20-21-22-23-30-39-46-53-60-76(81)93-72(64-87-74(79)58-51-44-37-29-25-24-27-34-41-48-55-68(2)3)66-91-95(83,84)89-62-71(78)63-90-96(85,86)92-67-73(65-88-75(80)59-52-45-38-33-32-36-43-50-57-70(6)7)94-77(82)61-54-47-40-31-26-28-35-42-49-56-69(4)5/h68-73,78H,8-67H2,1-7H3,(H,83,84)(H,85,86)/t71-,72-,73-/m1/s1. The van der Waals surface area contributed by atoms with Crippen LogP contribution in [0.4, 0.5) is 0 Å². The SMILES string of the molecule is CCCCCCCCCCCCCCCCCCCCCCC(=O)O[C@H](COC(=O)CCCCCCCCCCCCC(C)C)COP(=O)(O)OC[C@@H](O)COP(=O)(O)OC[C@@H](COC(=O)CCCCCCCCCCC(C)C)OC(=O)CCCCCCCCCCCC(C)C. The van der Waals surface area contributed by atoms with Gasteiger partial charge in [0.1, 0.15) is 19.3 Å². The van der Waals surface area contributed by atoms with Gasteiger partial charge < -0.3 is 33.8 Å². The van der Waals surface area contributed by atoms with Crippen molar-refractivity contribution in [1.29, 1.82) is 0 Å². The molecule has 0 saturated carbocycles. The van der Waals surface area contributed by atoms with Crippen LogP contribution in [0.3, 0.4) is 0 Å². The van der Waals surface area contributed by atoms with Crippen molar-refractivity contribution in [3.63, 3.8) is 0 Å². The van der Waals surface area contributed by atoms with Crippen LogP contribution in [0.2, 0.25) is 0 Å². The van der Waals surface area contributed by atoms with E-state index in [9.17, 15) is 43.2 Å². The Morgan fingerprint density at radius 3 is 0.708 bits per heavy atom. The van der Waals surface area contributed by atoms with Crippen molar-refractivity contribution in [2.45, 2.75) is 414 Å². The van der Waals surface area contributed by atoms with Crippen molar-refractivity contribution in [2.75, 3.05) is 39.6 Å². The van der Waals surface area contributed by atoms with Gasteiger partial charge in [0.05, 0.1) is 26.4 Å². The quantitative estimate of drug-likeness (QED) is 0.0222. The third-order valence-corrected chi connectivity index (χ3v) is 19.8. The van der Waals surface area contributed by atoms with Gasteiger partial charge in [-0.15, -0.1) is 0 Å². The summed E-state index contributed by atoms with van der Waals surface area (Å²) in [5.74, 6) is 0.102. The first-order valence-electron chi connectivity index (χ1n) is 39.8. The molecule has 17 nitrogen and oxygen atoms in total. The molecule has 0 aliphatic heterocycles. The summed E-state index contributed by atoms with van der Waals surface area (Å²) in [6, 6.07) is 0. The number of hydrogen-bond acceptors (Lipinski definition) is 15. The molecular weight excluding hydrogens is 1260 g/mol. The van der Waals surface area contributed by atoms with Crippen molar-refractivity contribution in [3.8, 4) is 0 Å². The number of carbonyl (C=O) groups is 4. The number of phosphoric ester groups is 2. The number of esters is 4. The van der Waals surface area contributed by atoms with E-state index in [-0.39, 0.29) is 25.7 Å². The van der Waals surface area contributed by atoms with Gasteiger partial charge in [0.2, 0.25) is 0 Å². The maximum atomic E-state index is 13.1. The number of unbranched alkanes of at least 4 members (excludes halogenated alkanes) is 43. The minimum Gasteiger partial charge on any atom is -0.462 e. The van der Waals surface area contributed by atoms with Gasteiger partial charge >= 0.3 is 39.5 Å².